The number of hydrogen-bond donors (Lipinski definition) is 2. The zero-order valence-electron chi connectivity index (χ0n) is 15.5. The molecular weight excluding hydrogens is 320 g/mol. The molecule has 2 aliphatic rings. The highest BCUT2D eigenvalue weighted by Gasteiger charge is 2.37. The van der Waals surface area contributed by atoms with Crippen molar-refractivity contribution in [2.45, 2.75) is 64.6 Å². The summed E-state index contributed by atoms with van der Waals surface area (Å²) in [6.07, 6.45) is 2.32. The van der Waals surface area contributed by atoms with Gasteiger partial charge in [0.2, 0.25) is 5.91 Å². The Kier molecular flexibility index (Phi) is 4.81. The Balaban J connectivity index is 1.66. The predicted octanol–water partition coefficient (Wildman–Crippen LogP) is 0.640. The lowest BCUT2D eigenvalue weighted by Crippen LogP contribution is -2.44. The summed E-state index contributed by atoms with van der Waals surface area (Å²) in [5, 5.41) is 14.6. The van der Waals surface area contributed by atoms with Crippen LogP contribution in [0.1, 0.15) is 62.3 Å². The molecule has 0 aliphatic carbocycles. The highest BCUT2D eigenvalue weighted by atomic mass is 16.2. The summed E-state index contributed by atoms with van der Waals surface area (Å²) >= 11 is 0. The topological polar surface area (TPSA) is 92.2 Å². The molecule has 0 saturated carbocycles. The smallest absolute Gasteiger partial charge is 0.274 e. The summed E-state index contributed by atoms with van der Waals surface area (Å²) in [4.78, 5) is 26.6. The van der Waals surface area contributed by atoms with Crippen molar-refractivity contribution in [3.63, 3.8) is 0 Å². The second-order valence-corrected chi connectivity index (χ2v) is 8.00. The lowest BCUT2D eigenvalue weighted by atomic mass is 10.1. The molecule has 3 rings (SSSR count). The second-order valence-electron chi connectivity index (χ2n) is 8.00. The number of piperidine rings is 1. The fraction of sp³-hybridized carbons (Fsp3) is 0.765. The quantitative estimate of drug-likeness (QED) is 0.836. The van der Waals surface area contributed by atoms with E-state index in [4.69, 9.17) is 0 Å². The summed E-state index contributed by atoms with van der Waals surface area (Å²) in [6.45, 7) is 10.3. The maximum atomic E-state index is 12.6. The number of hydrogen-bond acceptors (Lipinski definition) is 5. The van der Waals surface area contributed by atoms with Crippen molar-refractivity contribution in [3.05, 3.63) is 11.4 Å². The van der Waals surface area contributed by atoms with E-state index >= 15 is 0 Å². The molecule has 2 aliphatic heterocycles. The van der Waals surface area contributed by atoms with Crippen LogP contribution in [0.3, 0.4) is 0 Å². The van der Waals surface area contributed by atoms with E-state index in [1.807, 2.05) is 37.3 Å². The van der Waals surface area contributed by atoms with Crippen LogP contribution in [0.5, 0.6) is 0 Å². The Morgan fingerprint density at radius 3 is 2.56 bits per heavy atom. The number of nitrogens with one attached hydrogen (secondary N) is 2. The van der Waals surface area contributed by atoms with Gasteiger partial charge < -0.3 is 15.5 Å². The molecule has 8 nitrogen and oxygen atoms in total. The first-order valence-corrected chi connectivity index (χ1v) is 9.01. The molecule has 25 heavy (non-hydrogen) atoms. The monoisotopic (exact) mass is 348 g/mol. The molecule has 2 fully saturated rings. The Hall–Kier alpha value is -1.96. The van der Waals surface area contributed by atoms with Crippen molar-refractivity contribution in [1.29, 1.82) is 0 Å². The minimum Gasteiger partial charge on any atom is -0.346 e. The van der Waals surface area contributed by atoms with Gasteiger partial charge in [-0.1, -0.05) is 5.21 Å². The maximum Gasteiger partial charge on any atom is 0.274 e. The molecular formula is C17H28N6O2. The first-order chi connectivity index (χ1) is 11.8. The zero-order chi connectivity index (χ0) is 18.2. The largest absolute Gasteiger partial charge is 0.346 e. The van der Waals surface area contributed by atoms with Crippen molar-refractivity contribution >= 4 is 11.8 Å². The van der Waals surface area contributed by atoms with Crippen LogP contribution in [0.2, 0.25) is 0 Å². The predicted molar refractivity (Wildman–Crippen MR) is 93.2 cm³/mol. The van der Waals surface area contributed by atoms with Crippen molar-refractivity contribution in [2.75, 3.05) is 19.6 Å². The van der Waals surface area contributed by atoms with E-state index in [1.165, 1.54) is 0 Å². The van der Waals surface area contributed by atoms with Gasteiger partial charge in [0.05, 0.1) is 17.8 Å². The van der Waals surface area contributed by atoms with Crippen LogP contribution in [-0.2, 0) is 4.79 Å². The lowest BCUT2D eigenvalue weighted by Gasteiger charge is -2.32. The van der Waals surface area contributed by atoms with E-state index < -0.39 is 0 Å². The molecule has 1 atom stereocenters. The molecule has 0 aromatic carbocycles. The van der Waals surface area contributed by atoms with Gasteiger partial charge >= 0.3 is 0 Å². The van der Waals surface area contributed by atoms with E-state index in [0.29, 0.717) is 24.7 Å². The first kappa shape index (κ1) is 17.8. The van der Waals surface area contributed by atoms with Gasteiger partial charge in [0.1, 0.15) is 0 Å². The summed E-state index contributed by atoms with van der Waals surface area (Å²) in [6, 6.07) is 0.113. The highest BCUT2D eigenvalue weighted by Crippen LogP contribution is 2.23. The van der Waals surface area contributed by atoms with Gasteiger partial charge in [-0.15, -0.1) is 5.10 Å². The van der Waals surface area contributed by atoms with Crippen LogP contribution >= 0.6 is 0 Å². The molecule has 2 amide bonds. The molecule has 1 aromatic heterocycles. The molecule has 2 saturated heterocycles. The van der Waals surface area contributed by atoms with Crippen LogP contribution in [0.4, 0.5) is 0 Å². The highest BCUT2D eigenvalue weighted by molar-refractivity contribution is 5.94. The Bertz CT molecular complexity index is 657. The summed E-state index contributed by atoms with van der Waals surface area (Å²) in [7, 11) is 0. The van der Waals surface area contributed by atoms with Gasteiger partial charge in [-0.2, -0.15) is 0 Å². The van der Waals surface area contributed by atoms with Gasteiger partial charge in [0, 0.05) is 18.5 Å². The lowest BCUT2D eigenvalue weighted by molar-refractivity contribution is -0.131. The Morgan fingerprint density at radius 1 is 1.28 bits per heavy atom. The van der Waals surface area contributed by atoms with E-state index in [-0.39, 0.29) is 23.4 Å². The number of carbonyl (C=O) groups excluding carboxylic acids is 2. The van der Waals surface area contributed by atoms with Gasteiger partial charge in [0.25, 0.3) is 5.91 Å². The molecule has 0 spiro atoms. The Morgan fingerprint density at radius 2 is 1.96 bits per heavy atom. The van der Waals surface area contributed by atoms with Crippen LogP contribution in [0, 0.1) is 6.92 Å². The molecule has 0 radical (unpaired) electrons. The molecule has 8 heteroatoms. The van der Waals surface area contributed by atoms with Crippen LogP contribution in [0.15, 0.2) is 0 Å². The van der Waals surface area contributed by atoms with E-state index in [0.717, 1.165) is 31.6 Å². The van der Waals surface area contributed by atoms with Crippen molar-refractivity contribution < 1.29 is 9.59 Å². The van der Waals surface area contributed by atoms with Gasteiger partial charge in [0.15, 0.2) is 5.69 Å². The third-order valence-electron chi connectivity index (χ3n) is 5.07. The molecule has 138 valence electrons. The van der Waals surface area contributed by atoms with Crippen LogP contribution in [0.25, 0.3) is 0 Å². The van der Waals surface area contributed by atoms with E-state index in [9.17, 15) is 9.59 Å². The average Bonchev–Trinajstić information content (AvgIpc) is 3.10. The van der Waals surface area contributed by atoms with Crippen LogP contribution < -0.4 is 10.6 Å². The fourth-order valence-corrected chi connectivity index (χ4v) is 3.65. The number of amides is 2. The SMILES string of the molecule is Cc1c(C(=O)NC2CC(=O)N(C(C)(C)C)C2)nnn1C1CCNCC1. The molecule has 1 aromatic rings. The fourth-order valence-electron chi connectivity index (χ4n) is 3.65. The third-order valence-corrected chi connectivity index (χ3v) is 5.07. The van der Waals surface area contributed by atoms with Gasteiger partial charge in [-0.05, 0) is 53.6 Å². The number of likely N-dealkylation sites (tertiary alicyclic amines) is 1. The number of aromatic nitrogens is 3. The minimum atomic E-state index is -0.244. The second kappa shape index (κ2) is 6.74. The molecule has 0 bridgehead atoms. The number of rotatable bonds is 3. The summed E-state index contributed by atoms with van der Waals surface area (Å²) < 4.78 is 1.87. The van der Waals surface area contributed by atoms with Gasteiger partial charge in [-0.3, -0.25) is 9.59 Å². The summed E-state index contributed by atoms with van der Waals surface area (Å²) in [5.74, 6) is -0.167. The van der Waals surface area contributed by atoms with Crippen molar-refractivity contribution in [1.82, 2.24) is 30.5 Å². The third kappa shape index (κ3) is 3.68. The standard InChI is InChI=1S/C17H28N6O2/c1-11-15(20-21-23(11)13-5-7-18-8-6-13)16(25)19-12-9-14(24)22(10-12)17(2,3)4/h12-13,18H,5-10H2,1-4H3,(H,19,25). The van der Waals surface area contributed by atoms with Crippen molar-refractivity contribution in [2.24, 2.45) is 0 Å². The van der Waals surface area contributed by atoms with E-state index in [1.54, 1.807) is 0 Å². The molecule has 3 heterocycles. The molecule has 1 unspecified atom stereocenters. The van der Waals surface area contributed by atoms with Crippen LogP contribution in [-0.4, -0.2) is 62.9 Å². The Labute approximate surface area is 148 Å². The minimum absolute atomic E-state index is 0.0767. The normalized spacial score (nSPS) is 22.5. The number of nitrogens with zero attached hydrogens (tertiary/aromatic N) is 4. The average molecular weight is 348 g/mol. The van der Waals surface area contributed by atoms with Crippen molar-refractivity contribution in [3.8, 4) is 0 Å². The maximum absolute atomic E-state index is 12.6. The van der Waals surface area contributed by atoms with Gasteiger partial charge in [-0.25, -0.2) is 4.68 Å². The zero-order valence-corrected chi connectivity index (χ0v) is 15.5. The number of carbonyl (C=O) groups is 2. The molecule has 2 N–H and O–H groups in total. The summed E-state index contributed by atoms with van der Waals surface area (Å²) in [5.41, 5.74) is 0.923. The van der Waals surface area contributed by atoms with E-state index in [2.05, 4.69) is 20.9 Å². The first-order valence-electron chi connectivity index (χ1n) is 9.01.